The van der Waals surface area contributed by atoms with E-state index in [1.54, 1.807) is 0 Å². The lowest BCUT2D eigenvalue weighted by Gasteiger charge is -2.47. The number of alkyl halides is 6. The van der Waals surface area contributed by atoms with Gasteiger partial charge in [-0.3, -0.25) is 0 Å². The summed E-state index contributed by atoms with van der Waals surface area (Å²) in [5, 5.41) is 7.13. The number of hydrogen-bond acceptors (Lipinski definition) is 6. The van der Waals surface area contributed by atoms with Gasteiger partial charge in [-0.15, -0.1) is 10.2 Å². The summed E-state index contributed by atoms with van der Waals surface area (Å²) in [5.41, 5.74) is 0.240. The molecule has 6 nitrogen and oxygen atoms in total. The van der Waals surface area contributed by atoms with Crippen LogP contribution in [0.4, 0.5) is 32.0 Å². The van der Waals surface area contributed by atoms with Gasteiger partial charge in [0.2, 0.25) is 13.9 Å². The highest BCUT2D eigenvalue weighted by molar-refractivity contribution is 6.77. The zero-order valence-electron chi connectivity index (χ0n) is 19.4. The minimum absolute atomic E-state index is 0.172. The lowest BCUT2D eigenvalue weighted by atomic mass is 10.1. The number of aromatic nitrogens is 3. The number of nitrogens with zero attached hydrogens (tertiary/aromatic N) is 3. The molecule has 2 aromatic heterocycles. The Balaban J connectivity index is 2.61. The monoisotopic (exact) mass is 498 g/mol. The summed E-state index contributed by atoms with van der Waals surface area (Å²) < 4.78 is 93.1. The van der Waals surface area contributed by atoms with Crippen molar-refractivity contribution in [2.45, 2.75) is 83.0 Å². The fourth-order valence-corrected chi connectivity index (χ4v) is 9.87. The van der Waals surface area contributed by atoms with Gasteiger partial charge in [0.15, 0.2) is 0 Å². The second-order valence-electron chi connectivity index (χ2n) is 9.02. The quantitative estimate of drug-likeness (QED) is 0.338. The highest BCUT2D eigenvalue weighted by Gasteiger charge is 2.63. The van der Waals surface area contributed by atoms with Crippen LogP contribution in [-0.4, -0.2) is 29.7 Å². The number of halogens is 6. The maximum absolute atomic E-state index is 14.4. The number of hydrogen-bond donors (Lipinski definition) is 1. The summed E-state index contributed by atoms with van der Waals surface area (Å²) in [6, 6.07) is 0.597. The van der Waals surface area contributed by atoms with Crippen molar-refractivity contribution in [2.75, 3.05) is 5.73 Å². The predicted molar refractivity (Wildman–Crippen MR) is 112 cm³/mol. The topological polar surface area (TPSA) is 87.1 Å². The summed E-state index contributed by atoms with van der Waals surface area (Å²) in [4.78, 5) is 3.58. The molecule has 0 radical (unpaired) electrons. The molecule has 13 heteroatoms. The molecule has 0 saturated heterocycles. The molecular weight excluding hydrogens is 470 g/mol. The van der Waals surface area contributed by atoms with E-state index >= 15 is 0 Å². The Kier molecular flexibility index (Phi) is 7.30. The van der Waals surface area contributed by atoms with Crippen molar-refractivity contribution in [1.82, 2.24) is 15.2 Å². The maximum Gasteiger partial charge on any atom is 0.425 e. The normalized spacial score (nSPS) is 15.5. The number of nitrogens with two attached hydrogens (primary N) is 1. The molecule has 1 unspecified atom stereocenters. The van der Waals surface area contributed by atoms with Crippen LogP contribution in [0.2, 0.25) is 16.6 Å². The Morgan fingerprint density at radius 3 is 1.85 bits per heavy atom. The summed E-state index contributed by atoms with van der Waals surface area (Å²) in [6.45, 7) is 11.8. The van der Waals surface area contributed by atoms with Crippen LogP contribution in [0.15, 0.2) is 16.7 Å². The lowest BCUT2D eigenvalue weighted by Crippen LogP contribution is -2.57. The van der Waals surface area contributed by atoms with Crippen molar-refractivity contribution >= 4 is 14.0 Å². The Labute approximate surface area is 189 Å². The largest absolute Gasteiger partial charge is 0.425 e. The van der Waals surface area contributed by atoms with Gasteiger partial charge >= 0.3 is 12.4 Å². The van der Waals surface area contributed by atoms with Gasteiger partial charge in [0.25, 0.3) is 11.8 Å². The summed E-state index contributed by atoms with van der Waals surface area (Å²) in [7, 11) is -3.08. The molecule has 2 rings (SSSR count). The molecule has 0 aliphatic carbocycles. The van der Waals surface area contributed by atoms with Crippen LogP contribution in [0, 0.1) is 0 Å². The van der Waals surface area contributed by atoms with Gasteiger partial charge in [-0.1, -0.05) is 41.5 Å². The van der Waals surface area contributed by atoms with Gasteiger partial charge in [0.1, 0.15) is 5.69 Å². The van der Waals surface area contributed by atoms with Gasteiger partial charge in [0, 0.05) is 6.20 Å². The van der Waals surface area contributed by atoms with Crippen molar-refractivity contribution in [3.63, 3.8) is 0 Å². The van der Waals surface area contributed by atoms with E-state index in [2.05, 4.69) is 15.2 Å². The fraction of sp³-hybridized carbons (Fsp3) is 0.650. The second kappa shape index (κ2) is 8.89. The standard InChI is InChI=1S/C20H28F6N4O2Si/c1-10(2)33(11(3)4,12(5)6)32-18(7,20(24,25)26)17-30-29-16(31-17)15-14(27)8-13(9-28-15)19(21,22)23/h8-12H,27H2,1-7H3. The molecule has 2 aromatic rings. The van der Waals surface area contributed by atoms with Crippen LogP contribution in [0.3, 0.4) is 0 Å². The average molecular weight is 499 g/mol. The third-order valence-electron chi connectivity index (χ3n) is 5.91. The molecule has 33 heavy (non-hydrogen) atoms. The molecule has 0 spiro atoms. The van der Waals surface area contributed by atoms with Crippen LogP contribution in [-0.2, 0) is 16.2 Å². The Bertz CT molecular complexity index is 952. The number of anilines is 1. The molecule has 0 aromatic carbocycles. The van der Waals surface area contributed by atoms with E-state index in [1.165, 1.54) is 0 Å². The number of rotatable bonds is 7. The van der Waals surface area contributed by atoms with E-state index in [1.807, 2.05) is 41.5 Å². The Hall–Kier alpha value is -2.15. The van der Waals surface area contributed by atoms with Crippen molar-refractivity contribution in [1.29, 1.82) is 0 Å². The molecule has 0 bridgehead atoms. The Morgan fingerprint density at radius 2 is 1.45 bits per heavy atom. The van der Waals surface area contributed by atoms with Crippen LogP contribution >= 0.6 is 0 Å². The van der Waals surface area contributed by atoms with E-state index in [-0.39, 0.29) is 22.3 Å². The van der Waals surface area contributed by atoms with E-state index in [0.29, 0.717) is 12.3 Å². The summed E-state index contributed by atoms with van der Waals surface area (Å²) >= 11 is 0. The first kappa shape index (κ1) is 27.1. The van der Waals surface area contributed by atoms with Gasteiger partial charge in [0.05, 0.1) is 11.3 Å². The molecular formula is C20H28F6N4O2Si. The van der Waals surface area contributed by atoms with Gasteiger partial charge in [-0.25, -0.2) is 4.98 Å². The first-order valence-electron chi connectivity index (χ1n) is 10.3. The molecule has 1 atom stereocenters. The molecule has 0 aliphatic rings. The third-order valence-corrected chi connectivity index (χ3v) is 12.1. The fourth-order valence-electron chi connectivity index (χ4n) is 4.26. The molecule has 0 amide bonds. The number of pyridine rings is 1. The lowest BCUT2D eigenvalue weighted by molar-refractivity contribution is -0.260. The van der Waals surface area contributed by atoms with Crippen molar-refractivity contribution in [2.24, 2.45) is 0 Å². The zero-order valence-corrected chi connectivity index (χ0v) is 20.4. The van der Waals surface area contributed by atoms with E-state index in [0.717, 1.165) is 6.92 Å². The Morgan fingerprint density at radius 1 is 0.939 bits per heavy atom. The molecule has 0 aliphatic heterocycles. The summed E-state index contributed by atoms with van der Waals surface area (Å²) in [5.74, 6) is -1.41. The second-order valence-corrected chi connectivity index (χ2v) is 14.4. The summed E-state index contributed by atoms with van der Waals surface area (Å²) in [6.07, 6.45) is -9.13. The van der Waals surface area contributed by atoms with Gasteiger partial charge in [-0.05, 0) is 29.6 Å². The van der Waals surface area contributed by atoms with Crippen LogP contribution in [0.1, 0.15) is 59.9 Å². The van der Waals surface area contributed by atoms with Crippen molar-refractivity contribution in [3.05, 3.63) is 23.7 Å². The van der Waals surface area contributed by atoms with E-state index in [9.17, 15) is 26.3 Å². The molecule has 2 heterocycles. The zero-order chi connectivity index (χ0) is 25.6. The maximum atomic E-state index is 14.4. The number of nitrogen functional groups attached to an aromatic ring is 1. The molecule has 2 N–H and O–H groups in total. The van der Waals surface area contributed by atoms with Gasteiger partial charge in [-0.2, -0.15) is 26.3 Å². The van der Waals surface area contributed by atoms with E-state index in [4.69, 9.17) is 14.6 Å². The highest BCUT2D eigenvalue weighted by Crippen LogP contribution is 2.51. The first-order chi connectivity index (χ1) is 14.9. The van der Waals surface area contributed by atoms with Crippen molar-refractivity contribution < 1.29 is 35.2 Å². The predicted octanol–water partition coefficient (Wildman–Crippen LogP) is 6.70. The molecule has 0 saturated carbocycles. The smallest absolute Gasteiger partial charge is 0.416 e. The average Bonchev–Trinajstić information content (AvgIpc) is 3.13. The van der Waals surface area contributed by atoms with Crippen LogP contribution in [0.5, 0.6) is 0 Å². The molecule has 186 valence electrons. The highest BCUT2D eigenvalue weighted by atomic mass is 28.4. The SMILES string of the molecule is CC(C)[Si](OC(C)(c1nnc(-c2ncc(C(F)(F)F)cc2N)o1)C(F)(F)F)(C(C)C)C(C)C. The third kappa shape index (κ3) is 4.88. The van der Waals surface area contributed by atoms with Crippen molar-refractivity contribution in [3.8, 4) is 11.6 Å². The first-order valence-corrected chi connectivity index (χ1v) is 12.5. The molecule has 0 fully saturated rings. The van der Waals surface area contributed by atoms with Crippen LogP contribution < -0.4 is 5.73 Å². The van der Waals surface area contributed by atoms with Crippen LogP contribution in [0.25, 0.3) is 11.6 Å². The minimum atomic E-state index is -4.92. The van der Waals surface area contributed by atoms with Gasteiger partial charge < -0.3 is 14.6 Å². The van der Waals surface area contributed by atoms with E-state index < -0.39 is 49.3 Å². The minimum Gasteiger partial charge on any atom is -0.416 e.